The number of nitrogens with one attached hydrogen (secondary N) is 1. The van der Waals surface area contributed by atoms with Crippen molar-refractivity contribution >= 4 is 70.3 Å². The molecule has 1 N–H and O–H groups in total. The molecule has 38 heavy (non-hydrogen) atoms. The Morgan fingerprint density at radius 1 is 0.921 bits per heavy atom. The Morgan fingerprint density at radius 2 is 1.66 bits per heavy atom. The number of hydrogen-bond acceptors (Lipinski definition) is 8. The molecule has 3 aromatic carbocycles. The minimum atomic E-state index is -0.376. The molecule has 0 saturated carbocycles. The number of amides is 1. The third kappa shape index (κ3) is 8.54. The summed E-state index contributed by atoms with van der Waals surface area (Å²) >= 11 is 25.1. The summed E-state index contributed by atoms with van der Waals surface area (Å²) in [5.74, 6) is 0.818. The van der Waals surface area contributed by atoms with Gasteiger partial charge in [-0.25, -0.2) is 5.43 Å². The van der Waals surface area contributed by atoms with Gasteiger partial charge in [0.2, 0.25) is 0 Å². The van der Waals surface area contributed by atoms with Crippen molar-refractivity contribution in [2.45, 2.75) is 18.4 Å². The van der Waals surface area contributed by atoms with E-state index in [0.717, 1.165) is 17.3 Å². The Bertz CT molecular complexity index is 1450. The fraction of sp³-hybridized carbons (Fsp3) is 0.120. The number of hydrazone groups is 1. The molecule has 1 heterocycles. The maximum atomic E-state index is 12.2. The largest absolute Gasteiger partial charge is 0.488 e. The second kappa shape index (κ2) is 13.7. The topological polar surface area (TPSA) is 98.8 Å². The third-order valence-electron chi connectivity index (χ3n) is 4.67. The summed E-state index contributed by atoms with van der Waals surface area (Å²) in [6.07, 6.45) is 1.45. The molecular weight excluding hydrogens is 594 g/mol. The maximum absolute atomic E-state index is 12.2. The van der Waals surface area contributed by atoms with E-state index in [9.17, 15) is 4.79 Å². The molecule has 0 atom stereocenters. The molecule has 0 bridgehead atoms. The molecule has 0 radical (unpaired) electrons. The number of hydrogen-bond donors (Lipinski definition) is 1. The molecule has 0 aliphatic carbocycles. The highest BCUT2D eigenvalue weighted by molar-refractivity contribution is 7.99. The minimum absolute atomic E-state index is 0.00346. The molecular formula is C25H18Cl4N4O4S. The van der Waals surface area contributed by atoms with Crippen LogP contribution in [0.25, 0.3) is 0 Å². The molecule has 4 rings (SSSR count). The second-order valence-electron chi connectivity index (χ2n) is 7.51. The van der Waals surface area contributed by atoms with Crippen LogP contribution in [0.1, 0.15) is 17.0 Å². The van der Waals surface area contributed by atoms with Crippen molar-refractivity contribution in [3.8, 4) is 11.5 Å². The molecule has 0 aliphatic heterocycles. The van der Waals surface area contributed by atoms with Gasteiger partial charge in [0, 0.05) is 20.6 Å². The first kappa shape index (κ1) is 28.1. The number of ether oxygens (including phenoxy) is 2. The van der Waals surface area contributed by atoms with Crippen molar-refractivity contribution in [3.05, 3.63) is 97.8 Å². The SMILES string of the molecule is O=C(CSc1nnc(COc2ccc(Cl)cc2Cl)o1)N/N=C\c1cc(Cl)ccc1OCc1cccc(Cl)c1. The van der Waals surface area contributed by atoms with Crippen molar-refractivity contribution in [2.75, 3.05) is 5.75 Å². The fourth-order valence-electron chi connectivity index (χ4n) is 2.96. The van der Waals surface area contributed by atoms with Gasteiger partial charge < -0.3 is 13.9 Å². The van der Waals surface area contributed by atoms with Crippen LogP contribution in [0.2, 0.25) is 20.1 Å². The predicted octanol–water partition coefficient (Wildman–Crippen LogP) is 7.08. The van der Waals surface area contributed by atoms with E-state index in [1.807, 2.05) is 18.2 Å². The summed E-state index contributed by atoms with van der Waals surface area (Å²) in [6, 6.07) is 17.3. The molecule has 196 valence electrons. The van der Waals surface area contributed by atoms with Crippen LogP contribution in [-0.4, -0.2) is 28.1 Å². The lowest BCUT2D eigenvalue weighted by Gasteiger charge is -2.10. The molecule has 0 aliphatic rings. The fourth-order valence-corrected chi connectivity index (χ4v) is 4.39. The highest BCUT2D eigenvalue weighted by Crippen LogP contribution is 2.28. The second-order valence-corrected chi connectivity index (χ2v) is 10.2. The first-order chi connectivity index (χ1) is 18.4. The lowest BCUT2D eigenvalue weighted by Crippen LogP contribution is -2.19. The lowest BCUT2D eigenvalue weighted by atomic mass is 10.2. The van der Waals surface area contributed by atoms with Gasteiger partial charge in [0.25, 0.3) is 17.0 Å². The van der Waals surface area contributed by atoms with Gasteiger partial charge in [0.15, 0.2) is 6.61 Å². The van der Waals surface area contributed by atoms with Crippen molar-refractivity contribution < 1.29 is 18.7 Å². The Morgan fingerprint density at radius 3 is 2.45 bits per heavy atom. The van der Waals surface area contributed by atoms with E-state index in [2.05, 4.69) is 20.7 Å². The standard InChI is InChI=1S/C25H18Cl4N4O4S/c26-17-3-1-2-15(8-17)12-35-21-6-4-18(27)9-16(21)11-30-31-23(34)14-38-25-33-32-24(37-25)13-36-22-7-5-19(28)10-20(22)29/h1-11H,12-14H2,(H,31,34)/b30-11-. The number of nitrogens with zero attached hydrogens (tertiary/aromatic N) is 3. The lowest BCUT2D eigenvalue weighted by molar-refractivity contribution is -0.118. The first-order valence-electron chi connectivity index (χ1n) is 10.9. The molecule has 1 amide bonds. The summed E-state index contributed by atoms with van der Waals surface area (Å²) in [4.78, 5) is 12.2. The van der Waals surface area contributed by atoms with Gasteiger partial charge in [-0.3, -0.25) is 4.79 Å². The Balaban J connectivity index is 1.25. The number of aromatic nitrogens is 2. The number of benzene rings is 3. The third-order valence-corrected chi connectivity index (χ3v) is 6.49. The Labute approximate surface area is 242 Å². The molecule has 13 heteroatoms. The van der Waals surface area contributed by atoms with Crippen molar-refractivity contribution in [1.29, 1.82) is 0 Å². The number of halogens is 4. The molecule has 0 unspecified atom stereocenters. The van der Waals surface area contributed by atoms with E-state index >= 15 is 0 Å². The molecule has 4 aromatic rings. The number of thioether (sulfide) groups is 1. The van der Waals surface area contributed by atoms with Crippen molar-refractivity contribution in [1.82, 2.24) is 15.6 Å². The van der Waals surface area contributed by atoms with Gasteiger partial charge in [0.05, 0.1) is 17.0 Å². The van der Waals surface area contributed by atoms with E-state index < -0.39 is 0 Å². The summed E-state index contributed by atoms with van der Waals surface area (Å²) in [5, 5.41) is 14.0. The monoisotopic (exact) mass is 610 g/mol. The minimum Gasteiger partial charge on any atom is -0.488 e. The van der Waals surface area contributed by atoms with Crippen LogP contribution in [0.4, 0.5) is 0 Å². The molecule has 0 spiro atoms. The Hall–Kier alpha value is -2.95. The molecule has 0 saturated heterocycles. The number of rotatable bonds is 11. The highest BCUT2D eigenvalue weighted by atomic mass is 35.5. The maximum Gasteiger partial charge on any atom is 0.277 e. The predicted molar refractivity (Wildman–Crippen MR) is 149 cm³/mol. The molecule has 0 fully saturated rings. The van der Waals surface area contributed by atoms with E-state index in [1.165, 1.54) is 6.21 Å². The molecule has 1 aromatic heterocycles. The number of carbonyl (C=O) groups is 1. The van der Waals surface area contributed by atoms with E-state index in [1.54, 1.807) is 42.5 Å². The van der Waals surface area contributed by atoms with Crippen molar-refractivity contribution in [2.24, 2.45) is 5.10 Å². The van der Waals surface area contributed by atoms with Crippen LogP contribution in [0.3, 0.4) is 0 Å². The van der Waals surface area contributed by atoms with Crippen LogP contribution < -0.4 is 14.9 Å². The summed E-state index contributed by atoms with van der Waals surface area (Å²) in [5.41, 5.74) is 3.95. The highest BCUT2D eigenvalue weighted by Gasteiger charge is 2.11. The normalized spacial score (nSPS) is 11.1. The zero-order chi connectivity index (χ0) is 26.9. The van der Waals surface area contributed by atoms with Crippen LogP contribution >= 0.6 is 58.2 Å². The van der Waals surface area contributed by atoms with Crippen molar-refractivity contribution in [3.63, 3.8) is 0 Å². The zero-order valence-electron chi connectivity index (χ0n) is 19.4. The average molecular weight is 612 g/mol. The first-order valence-corrected chi connectivity index (χ1v) is 13.4. The van der Waals surface area contributed by atoms with Crippen LogP contribution in [0.5, 0.6) is 11.5 Å². The van der Waals surface area contributed by atoms with Crippen LogP contribution in [0, 0.1) is 0 Å². The summed E-state index contributed by atoms with van der Waals surface area (Å²) in [7, 11) is 0. The van der Waals surface area contributed by atoms with E-state index in [-0.39, 0.29) is 29.4 Å². The quantitative estimate of drug-likeness (QED) is 0.110. The number of carbonyl (C=O) groups excluding carboxylic acids is 1. The van der Waals surface area contributed by atoms with E-state index in [4.69, 9.17) is 60.3 Å². The van der Waals surface area contributed by atoms with Gasteiger partial charge in [-0.15, -0.1) is 10.2 Å². The molecule has 8 nitrogen and oxygen atoms in total. The summed E-state index contributed by atoms with van der Waals surface area (Å²) < 4.78 is 16.9. The van der Waals surface area contributed by atoms with E-state index in [0.29, 0.717) is 43.8 Å². The summed E-state index contributed by atoms with van der Waals surface area (Å²) in [6.45, 7) is 0.308. The van der Waals surface area contributed by atoms with Gasteiger partial charge in [0.1, 0.15) is 18.1 Å². The van der Waals surface area contributed by atoms with Gasteiger partial charge in [-0.1, -0.05) is 70.3 Å². The Kier molecular flexibility index (Phi) is 10.1. The van der Waals surface area contributed by atoms with Gasteiger partial charge in [-0.2, -0.15) is 5.10 Å². The van der Waals surface area contributed by atoms with Crippen LogP contribution in [-0.2, 0) is 18.0 Å². The average Bonchev–Trinajstić information content (AvgIpc) is 3.34. The van der Waals surface area contributed by atoms with Crippen LogP contribution in [0.15, 0.2) is 75.4 Å². The van der Waals surface area contributed by atoms with Gasteiger partial charge >= 0.3 is 0 Å². The zero-order valence-corrected chi connectivity index (χ0v) is 23.2. The van der Waals surface area contributed by atoms with Gasteiger partial charge in [-0.05, 0) is 54.1 Å². The smallest absolute Gasteiger partial charge is 0.277 e.